The molecule has 0 fully saturated rings. The van der Waals surface area contributed by atoms with Crippen molar-refractivity contribution in [1.82, 2.24) is 0 Å². The SMILES string of the molecule is C1=CC2c3cc(C4=c5ccccc5=NC5(c6ccc7c(c6)-c6cc8c9ccccc9c9ccccc9c8cc6-c6ccccc6-c6ccccc6-7)C=C45)ccc3OC2CC1. The number of benzene rings is 9. The van der Waals surface area contributed by atoms with E-state index in [0.717, 1.165) is 23.9 Å². The molecule has 0 N–H and O–H groups in total. The maximum absolute atomic E-state index is 6.47. The van der Waals surface area contributed by atoms with Gasteiger partial charge in [-0.05, 0) is 154 Å². The van der Waals surface area contributed by atoms with E-state index >= 15 is 0 Å². The van der Waals surface area contributed by atoms with Crippen molar-refractivity contribution in [2.24, 2.45) is 4.99 Å². The van der Waals surface area contributed by atoms with Crippen LogP contribution in [0.3, 0.4) is 0 Å². The molecule has 14 rings (SSSR count). The van der Waals surface area contributed by atoms with Crippen LogP contribution in [-0.4, -0.2) is 6.10 Å². The van der Waals surface area contributed by atoms with Gasteiger partial charge in [0.05, 0.1) is 5.36 Å². The molecule has 2 heteroatoms. The van der Waals surface area contributed by atoms with Crippen LogP contribution in [0.1, 0.15) is 35.4 Å². The zero-order chi connectivity index (χ0) is 39.1. The molecule has 5 aliphatic rings. The summed E-state index contributed by atoms with van der Waals surface area (Å²) in [7, 11) is 0. The zero-order valence-electron chi connectivity index (χ0n) is 32.8. The fraction of sp³-hybridized carbons (Fsp3) is 0.0862. The van der Waals surface area contributed by atoms with Crippen molar-refractivity contribution in [2.45, 2.75) is 30.4 Å². The summed E-state index contributed by atoms with van der Waals surface area (Å²) < 4.78 is 6.47. The van der Waals surface area contributed by atoms with E-state index in [2.05, 4.69) is 188 Å². The van der Waals surface area contributed by atoms with E-state index in [1.165, 1.54) is 110 Å². The van der Waals surface area contributed by atoms with E-state index in [1.54, 1.807) is 0 Å². The van der Waals surface area contributed by atoms with Gasteiger partial charge in [0.25, 0.3) is 0 Å². The van der Waals surface area contributed by atoms with Crippen LogP contribution in [0.5, 0.6) is 5.75 Å². The minimum atomic E-state index is -0.554. The van der Waals surface area contributed by atoms with Crippen molar-refractivity contribution < 1.29 is 4.74 Å². The fourth-order valence-corrected chi connectivity index (χ4v) is 11.3. The van der Waals surface area contributed by atoms with Crippen LogP contribution in [0.25, 0.3) is 82.4 Å². The Kier molecular flexibility index (Phi) is 6.47. The molecule has 2 aliphatic heterocycles. The molecule has 2 heterocycles. The van der Waals surface area contributed by atoms with Gasteiger partial charge in [-0.1, -0.05) is 146 Å². The molecule has 0 spiro atoms. The first-order valence-corrected chi connectivity index (χ1v) is 21.3. The van der Waals surface area contributed by atoms with Gasteiger partial charge in [0.15, 0.2) is 0 Å². The smallest absolute Gasteiger partial charge is 0.131 e. The van der Waals surface area contributed by atoms with Crippen LogP contribution < -0.4 is 15.3 Å². The number of hydrogen-bond acceptors (Lipinski definition) is 2. The number of nitrogens with zero attached hydrogens (tertiary/aromatic N) is 1. The first-order valence-electron chi connectivity index (χ1n) is 21.3. The zero-order valence-corrected chi connectivity index (χ0v) is 32.8. The largest absolute Gasteiger partial charge is 0.489 e. The topological polar surface area (TPSA) is 21.6 Å². The van der Waals surface area contributed by atoms with Crippen molar-refractivity contribution in [2.75, 3.05) is 0 Å². The predicted octanol–water partition coefficient (Wildman–Crippen LogP) is 13.0. The molecule has 280 valence electrons. The van der Waals surface area contributed by atoms with E-state index in [-0.39, 0.29) is 6.10 Å². The lowest BCUT2D eigenvalue weighted by atomic mass is 9.78. The predicted molar refractivity (Wildman–Crippen MR) is 246 cm³/mol. The quantitative estimate of drug-likeness (QED) is 0.127. The monoisotopic (exact) mass is 763 g/mol. The van der Waals surface area contributed by atoms with Crippen LogP contribution in [0.4, 0.5) is 0 Å². The molecule has 60 heavy (non-hydrogen) atoms. The van der Waals surface area contributed by atoms with Crippen LogP contribution in [0, 0.1) is 0 Å². The third-order valence-electron chi connectivity index (χ3n) is 14.1. The fourth-order valence-electron chi connectivity index (χ4n) is 11.3. The first kappa shape index (κ1) is 32.6. The van der Waals surface area contributed by atoms with Gasteiger partial charge in [0.2, 0.25) is 0 Å². The van der Waals surface area contributed by atoms with E-state index in [9.17, 15) is 0 Å². The van der Waals surface area contributed by atoms with Crippen molar-refractivity contribution in [3.63, 3.8) is 0 Å². The number of fused-ring (bicyclic) bond motifs is 19. The summed E-state index contributed by atoms with van der Waals surface area (Å²) in [5.41, 5.74) is 15.7. The molecule has 0 aromatic heterocycles. The molecule has 2 nitrogen and oxygen atoms in total. The van der Waals surface area contributed by atoms with Crippen LogP contribution in [0.2, 0.25) is 0 Å². The molecular weight excluding hydrogens is 727 g/mol. The minimum Gasteiger partial charge on any atom is -0.489 e. The van der Waals surface area contributed by atoms with Gasteiger partial charge in [-0.15, -0.1) is 0 Å². The highest BCUT2D eigenvalue weighted by atomic mass is 16.5. The molecule has 9 aromatic carbocycles. The van der Waals surface area contributed by atoms with E-state index in [4.69, 9.17) is 9.73 Å². The van der Waals surface area contributed by atoms with E-state index < -0.39 is 5.54 Å². The van der Waals surface area contributed by atoms with Gasteiger partial charge >= 0.3 is 0 Å². The molecule has 3 unspecified atom stereocenters. The lowest BCUT2D eigenvalue weighted by Crippen LogP contribution is -2.34. The Hall–Kier alpha value is -7.29. The highest BCUT2D eigenvalue weighted by Crippen LogP contribution is 2.57. The average Bonchev–Trinajstić information content (AvgIpc) is 3.94. The van der Waals surface area contributed by atoms with Crippen LogP contribution in [-0.2, 0) is 5.54 Å². The molecule has 0 bridgehead atoms. The second-order valence-electron chi connectivity index (χ2n) is 17.2. The number of rotatable bonds is 2. The lowest BCUT2D eigenvalue weighted by molar-refractivity contribution is 0.204. The van der Waals surface area contributed by atoms with E-state index in [1.807, 2.05) is 0 Å². The Bertz CT molecular complexity index is 3610. The lowest BCUT2D eigenvalue weighted by Gasteiger charge is -2.26. The maximum atomic E-state index is 6.47. The van der Waals surface area contributed by atoms with Gasteiger partial charge in [-0.2, -0.15) is 0 Å². The van der Waals surface area contributed by atoms with Crippen molar-refractivity contribution in [1.29, 1.82) is 0 Å². The highest BCUT2D eigenvalue weighted by Gasteiger charge is 2.50. The Morgan fingerprint density at radius 1 is 0.500 bits per heavy atom. The summed E-state index contributed by atoms with van der Waals surface area (Å²) in [6.07, 6.45) is 9.47. The summed E-state index contributed by atoms with van der Waals surface area (Å²) in [5, 5.41) is 9.92. The maximum Gasteiger partial charge on any atom is 0.131 e. The van der Waals surface area contributed by atoms with Gasteiger partial charge < -0.3 is 4.74 Å². The summed E-state index contributed by atoms with van der Waals surface area (Å²) in [6, 6.07) is 63.5. The normalized spacial score (nSPS) is 19.9. The Morgan fingerprint density at radius 3 is 1.77 bits per heavy atom. The molecular formula is C58H37NO. The summed E-state index contributed by atoms with van der Waals surface area (Å²) in [4.78, 5) is 5.64. The van der Waals surface area contributed by atoms with Crippen molar-refractivity contribution >= 4 is 37.9 Å². The average molecular weight is 764 g/mol. The number of ether oxygens (including phenoxy) is 1. The first-order chi connectivity index (χ1) is 29.7. The Labute approximate surface area is 347 Å². The van der Waals surface area contributed by atoms with Gasteiger partial charge in [-0.3, -0.25) is 4.99 Å². The molecule has 0 radical (unpaired) electrons. The molecule has 0 amide bonds. The number of para-hydroxylation sites is 1. The van der Waals surface area contributed by atoms with E-state index in [0.29, 0.717) is 5.92 Å². The highest BCUT2D eigenvalue weighted by molar-refractivity contribution is 6.27. The number of allylic oxidation sites excluding steroid dienone is 1. The molecule has 0 saturated heterocycles. The summed E-state index contributed by atoms with van der Waals surface area (Å²) >= 11 is 0. The molecule has 3 aliphatic carbocycles. The van der Waals surface area contributed by atoms with Gasteiger partial charge in [-0.25, -0.2) is 0 Å². The number of hydrogen-bond donors (Lipinski definition) is 0. The van der Waals surface area contributed by atoms with Crippen LogP contribution in [0.15, 0.2) is 199 Å². The summed E-state index contributed by atoms with van der Waals surface area (Å²) in [5.74, 6) is 1.34. The van der Waals surface area contributed by atoms with Crippen molar-refractivity contribution in [3.8, 4) is 50.3 Å². The standard InChI is InChI=1S/C58H37NO/c1-2-17-40-36(13-1)37-14-3-8-20-43(37)50-31-48-41-18-6-4-15-38(41)39-16-5-7-19-42(39)49(48)32-51(50)47-30-35(26-27-44(40)47)58-33-53(58)57(46-22-9-11-23-54(46)59-58)34-25-28-56-52(29-34)45-21-10-12-24-55(45)60-56/h1-11,13-23,25-33,45,55H,12,24H2. The molecule has 9 aromatic rings. The Morgan fingerprint density at radius 2 is 1.07 bits per heavy atom. The second kappa shape index (κ2) is 11.9. The summed E-state index contributed by atoms with van der Waals surface area (Å²) in [6.45, 7) is 0. The van der Waals surface area contributed by atoms with Gasteiger partial charge in [0, 0.05) is 16.7 Å². The third-order valence-corrected chi connectivity index (χ3v) is 14.1. The third kappa shape index (κ3) is 4.40. The van der Waals surface area contributed by atoms with Gasteiger partial charge in [0.1, 0.15) is 17.4 Å². The minimum absolute atomic E-state index is 0.232. The van der Waals surface area contributed by atoms with Crippen molar-refractivity contribution in [3.05, 3.63) is 221 Å². The van der Waals surface area contributed by atoms with Crippen LogP contribution >= 0.6 is 0 Å². The second-order valence-corrected chi connectivity index (χ2v) is 17.2. The molecule has 3 atom stereocenters. The Balaban J connectivity index is 1.02. The molecule has 0 saturated carbocycles.